The number of pyridine rings is 1. The van der Waals surface area contributed by atoms with Crippen molar-refractivity contribution in [2.45, 2.75) is 6.18 Å². The molecule has 0 saturated carbocycles. The van der Waals surface area contributed by atoms with Crippen LogP contribution in [0.3, 0.4) is 0 Å². The molecular formula is C15H12Br2F3N3OS. The lowest BCUT2D eigenvalue weighted by Crippen LogP contribution is -2.48. The summed E-state index contributed by atoms with van der Waals surface area (Å²) in [7, 11) is 0. The summed E-state index contributed by atoms with van der Waals surface area (Å²) >= 11 is 8.10. The monoisotopic (exact) mass is 497 g/mol. The van der Waals surface area contributed by atoms with Gasteiger partial charge in [0.15, 0.2) is 0 Å². The maximum Gasteiger partial charge on any atom is 0.417 e. The van der Waals surface area contributed by atoms with Crippen molar-refractivity contribution in [3.8, 4) is 0 Å². The standard InChI is InChI=1S/C15H12Br2F3N3OS/c16-10-7-11(25-13(10)17)14(24)23-5-3-22(4-6-23)12-2-1-9(8-21-12)15(18,19)20/h1-2,7-8H,3-6H2. The lowest BCUT2D eigenvalue weighted by Gasteiger charge is -2.35. The van der Waals surface area contributed by atoms with E-state index in [-0.39, 0.29) is 5.91 Å². The number of hydrogen-bond acceptors (Lipinski definition) is 4. The van der Waals surface area contributed by atoms with Gasteiger partial charge in [-0.15, -0.1) is 11.3 Å². The second kappa shape index (κ2) is 7.24. The molecule has 2 aromatic heterocycles. The number of carbonyl (C=O) groups excluding carboxylic acids is 1. The van der Waals surface area contributed by atoms with Gasteiger partial charge >= 0.3 is 6.18 Å². The first-order valence-electron chi connectivity index (χ1n) is 7.28. The number of amides is 1. The normalized spacial score (nSPS) is 15.6. The minimum Gasteiger partial charge on any atom is -0.353 e. The zero-order valence-electron chi connectivity index (χ0n) is 12.7. The van der Waals surface area contributed by atoms with E-state index in [1.807, 2.05) is 4.90 Å². The first-order valence-corrected chi connectivity index (χ1v) is 9.68. The zero-order valence-corrected chi connectivity index (χ0v) is 16.7. The highest BCUT2D eigenvalue weighted by molar-refractivity contribution is 9.13. The van der Waals surface area contributed by atoms with Gasteiger partial charge in [-0.25, -0.2) is 4.98 Å². The summed E-state index contributed by atoms with van der Waals surface area (Å²) in [5, 5.41) is 0. The van der Waals surface area contributed by atoms with Gasteiger partial charge in [-0.3, -0.25) is 4.79 Å². The molecule has 2 aromatic rings. The van der Waals surface area contributed by atoms with Gasteiger partial charge in [0, 0.05) is 36.8 Å². The van der Waals surface area contributed by atoms with Crippen molar-refractivity contribution in [2.24, 2.45) is 0 Å². The Balaban J connectivity index is 1.62. The van der Waals surface area contributed by atoms with E-state index >= 15 is 0 Å². The number of halogens is 5. The Hall–Kier alpha value is -1.13. The van der Waals surface area contributed by atoms with E-state index in [1.54, 1.807) is 11.0 Å². The van der Waals surface area contributed by atoms with Gasteiger partial charge < -0.3 is 9.80 Å². The van der Waals surface area contributed by atoms with E-state index in [1.165, 1.54) is 17.4 Å². The lowest BCUT2D eigenvalue weighted by molar-refractivity contribution is -0.137. The third kappa shape index (κ3) is 4.17. The van der Waals surface area contributed by atoms with Crippen molar-refractivity contribution in [3.63, 3.8) is 0 Å². The summed E-state index contributed by atoms with van der Waals surface area (Å²) < 4.78 is 39.5. The quantitative estimate of drug-likeness (QED) is 0.604. The molecule has 3 rings (SSSR count). The van der Waals surface area contributed by atoms with Crippen LogP contribution >= 0.6 is 43.2 Å². The summed E-state index contributed by atoms with van der Waals surface area (Å²) in [4.78, 5) is 20.7. The van der Waals surface area contributed by atoms with Crippen molar-refractivity contribution >= 4 is 54.9 Å². The summed E-state index contributed by atoms with van der Waals surface area (Å²) in [5.74, 6) is 0.443. The van der Waals surface area contributed by atoms with Crippen molar-refractivity contribution in [2.75, 3.05) is 31.1 Å². The smallest absolute Gasteiger partial charge is 0.353 e. The first-order chi connectivity index (χ1) is 11.8. The van der Waals surface area contributed by atoms with Crippen LogP contribution in [0.15, 0.2) is 32.7 Å². The fourth-order valence-electron chi connectivity index (χ4n) is 2.49. The Bertz CT molecular complexity index is 752. The summed E-state index contributed by atoms with van der Waals surface area (Å²) in [5.41, 5.74) is -0.765. The number of rotatable bonds is 2. The maximum atomic E-state index is 12.6. The number of hydrogen-bond donors (Lipinski definition) is 0. The molecule has 1 saturated heterocycles. The molecule has 1 amide bonds. The number of piperazine rings is 1. The number of anilines is 1. The Morgan fingerprint density at radius 1 is 1.16 bits per heavy atom. The summed E-state index contributed by atoms with van der Waals surface area (Å²) in [6.07, 6.45) is -3.55. The van der Waals surface area contributed by atoms with Crippen molar-refractivity contribution in [1.82, 2.24) is 9.88 Å². The van der Waals surface area contributed by atoms with Gasteiger partial charge in [-0.1, -0.05) is 0 Å². The van der Waals surface area contributed by atoms with E-state index in [9.17, 15) is 18.0 Å². The molecule has 0 atom stereocenters. The van der Waals surface area contributed by atoms with Crippen LogP contribution in [0.5, 0.6) is 0 Å². The molecule has 0 aliphatic carbocycles. The molecule has 0 aromatic carbocycles. The average Bonchev–Trinajstić information content (AvgIpc) is 2.93. The third-order valence-corrected chi connectivity index (χ3v) is 7.07. The molecule has 4 nitrogen and oxygen atoms in total. The van der Waals surface area contributed by atoms with E-state index in [4.69, 9.17) is 0 Å². The van der Waals surface area contributed by atoms with Crippen LogP contribution in [0.2, 0.25) is 0 Å². The first kappa shape index (κ1) is 18.7. The molecule has 0 N–H and O–H groups in total. The number of nitrogens with zero attached hydrogens (tertiary/aromatic N) is 3. The number of aromatic nitrogens is 1. The predicted octanol–water partition coefficient (Wildman–Crippen LogP) is 4.65. The van der Waals surface area contributed by atoms with E-state index in [0.29, 0.717) is 36.9 Å². The van der Waals surface area contributed by atoms with Crippen LogP contribution in [0.4, 0.5) is 19.0 Å². The second-order valence-electron chi connectivity index (χ2n) is 5.41. The van der Waals surface area contributed by atoms with E-state index < -0.39 is 11.7 Å². The van der Waals surface area contributed by atoms with Crippen LogP contribution in [0, 0.1) is 0 Å². The molecule has 0 radical (unpaired) electrons. The highest BCUT2D eigenvalue weighted by Crippen LogP contribution is 2.33. The number of thiophene rings is 1. The molecular weight excluding hydrogens is 487 g/mol. The largest absolute Gasteiger partial charge is 0.417 e. The van der Waals surface area contributed by atoms with Gasteiger partial charge in [0.2, 0.25) is 0 Å². The van der Waals surface area contributed by atoms with Crippen LogP contribution in [-0.2, 0) is 6.18 Å². The van der Waals surface area contributed by atoms with E-state index in [2.05, 4.69) is 36.8 Å². The lowest BCUT2D eigenvalue weighted by atomic mass is 10.2. The van der Waals surface area contributed by atoms with Gasteiger partial charge in [-0.05, 0) is 50.1 Å². The van der Waals surface area contributed by atoms with Crippen LogP contribution in [0.25, 0.3) is 0 Å². The molecule has 3 heterocycles. The van der Waals surface area contributed by atoms with Gasteiger partial charge in [-0.2, -0.15) is 13.2 Å². The Morgan fingerprint density at radius 2 is 1.84 bits per heavy atom. The third-order valence-electron chi connectivity index (χ3n) is 3.82. The second-order valence-corrected chi connectivity index (χ2v) is 8.64. The van der Waals surface area contributed by atoms with Crippen LogP contribution in [-0.4, -0.2) is 42.0 Å². The molecule has 1 aliphatic heterocycles. The Morgan fingerprint density at radius 3 is 2.32 bits per heavy atom. The SMILES string of the molecule is O=C(c1cc(Br)c(Br)s1)N1CCN(c2ccc(C(F)(F)F)cn2)CC1. The fraction of sp³-hybridized carbons (Fsp3) is 0.333. The molecule has 0 bridgehead atoms. The summed E-state index contributed by atoms with van der Waals surface area (Å²) in [6, 6.07) is 4.18. The fourth-order valence-corrected chi connectivity index (χ4v) is 4.49. The molecule has 1 fully saturated rings. The Kier molecular flexibility index (Phi) is 5.40. The zero-order chi connectivity index (χ0) is 18.2. The maximum absolute atomic E-state index is 12.6. The van der Waals surface area contributed by atoms with Crippen LogP contribution in [0.1, 0.15) is 15.2 Å². The predicted molar refractivity (Wildman–Crippen MR) is 97.1 cm³/mol. The summed E-state index contributed by atoms with van der Waals surface area (Å²) in [6.45, 7) is 2.04. The van der Waals surface area contributed by atoms with Gasteiger partial charge in [0.25, 0.3) is 5.91 Å². The molecule has 25 heavy (non-hydrogen) atoms. The highest BCUT2D eigenvalue weighted by Gasteiger charge is 2.31. The van der Waals surface area contributed by atoms with Crippen molar-refractivity contribution in [3.05, 3.63) is 43.1 Å². The van der Waals surface area contributed by atoms with Crippen molar-refractivity contribution in [1.29, 1.82) is 0 Å². The number of carbonyl (C=O) groups is 1. The Labute approximate surface area is 162 Å². The van der Waals surface area contributed by atoms with Crippen molar-refractivity contribution < 1.29 is 18.0 Å². The molecule has 0 spiro atoms. The van der Waals surface area contributed by atoms with Crippen LogP contribution < -0.4 is 4.90 Å². The van der Waals surface area contributed by atoms with Gasteiger partial charge in [0.1, 0.15) is 5.82 Å². The topological polar surface area (TPSA) is 36.4 Å². The van der Waals surface area contributed by atoms with E-state index in [0.717, 1.165) is 20.5 Å². The minimum absolute atomic E-state index is 0.0450. The number of alkyl halides is 3. The highest BCUT2D eigenvalue weighted by atomic mass is 79.9. The molecule has 1 aliphatic rings. The minimum atomic E-state index is -4.39. The molecule has 134 valence electrons. The van der Waals surface area contributed by atoms with Gasteiger partial charge in [0.05, 0.1) is 14.2 Å². The average molecular weight is 499 g/mol. The molecule has 10 heteroatoms. The molecule has 0 unspecified atom stereocenters.